The molecule has 0 saturated carbocycles. The monoisotopic (exact) mass is 289 g/mol. The van der Waals surface area contributed by atoms with Gasteiger partial charge in [-0.25, -0.2) is 0 Å². The van der Waals surface area contributed by atoms with Crippen LogP contribution in [0.1, 0.15) is 10.4 Å². The molecule has 0 saturated heterocycles. The van der Waals surface area contributed by atoms with Crippen LogP contribution in [0.3, 0.4) is 0 Å². The van der Waals surface area contributed by atoms with Crippen LogP contribution < -0.4 is 14.8 Å². The van der Waals surface area contributed by atoms with Crippen molar-refractivity contribution in [3.05, 3.63) is 46.2 Å². The molecule has 0 radical (unpaired) electrons. The van der Waals surface area contributed by atoms with Gasteiger partial charge in [0.1, 0.15) is 13.2 Å². The molecule has 1 aromatic heterocycles. The lowest BCUT2D eigenvalue weighted by Gasteiger charge is -2.18. The van der Waals surface area contributed by atoms with Gasteiger partial charge in [-0.15, -0.1) is 11.3 Å². The molecular formula is C15H15NO3S. The Morgan fingerprint density at radius 2 is 2.05 bits per heavy atom. The Bertz CT molecular complexity index is 595. The van der Waals surface area contributed by atoms with E-state index in [0.717, 1.165) is 21.9 Å². The van der Waals surface area contributed by atoms with Gasteiger partial charge in [-0.05, 0) is 29.1 Å². The van der Waals surface area contributed by atoms with Crippen LogP contribution in [-0.2, 0) is 17.8 Å². The maximum atomic E-state index is 11.9. The topological polar surface area (TPSA) is 47.6 Å². The van der Waals surface area contributed by atoms with Crippen molar-refractivity contribution in [2.75, 3.05) is 13.2 Å². The van der Waals surface area contributed by atoms with E-state index >= 15 is 0 Å². The minimum atomic E-state index is 0.00933. The van der Waals surface area contributed by atoms with E-state index < -0.39 is 0 Å². The molecule has 4 nitrogen and oxygen atoms in total. The van der Waals surface area contributed by atoms with Gasteiger partial charge in [-0.2, -0.15) is 0 Å². The molecule has 1 amide bonds. The van der Waals surface area contributed by atoms with Gasteiger partial charge < -0.3 is 14.8 Å². The van der Waals surface area contributed by atoms with Gasteiger partial charge in [0, 0.05) is 4.88 Å². The highest BCUT2D eigenvalue weighted by molar-refractivity contribution is 7.09. The highest BCUT2D eigenvalue weighted by Gasteiger charge is 2.13. The molecule has 0 bridgehead atoms. The Morgan fingerprint density at radius 3 is 2.85 bits per heavy atom. The van der Waals surface area contributed by atoms with Gasteiger partial charge in [-0.3, -0.25) is 4.79 Å². The van der Waals surface area contributed by atoms with Gasteiger partial charge >= 0.3 is 0 Å². The van der Waals surface area contributed by atoms with Crippen molar-refractivity contribution in [3.8, 4) is 11.5 Å². The van der Waals surface area contributed by atoms with Crippen molar-refractivity contribution in [2.45, 2.75) is 13.0 Å². The third kappa shape index (κ3) is 3.11. The first-order chi connectivity index (χ1) is 9.81. The number of hydrogen-bond donors (Lipinski definition) is 1. The van der Waals surface area contributed by atoms with Gasteiger partial charge in [0.05, 0.1) is 13.0 Å². The van der Waals surface area contributed by atoms with Gasteiger partial charge in [0.15, 0.2) is 11.5 Å². The molecular weight excluding hydrogens is 274 g/mol. The molecule has 2 heterocycles. The molecule has 3 rings (SSSR count). The number of benzene rings is 1. The minimum Gasteiger partial charge on any atom is -0.486 e. The lowest BCUT2D eigenvalue weighted by Crippen LogP contribution is -2.24. The molecule has 0 unspecified atom stereocenters. The standard InChI is InChI=1S/C15H15NO3S/c17-15(16-10-12-2-1-7-20-12)9-11-3-4-13-14(8-11)19-6-5-18-13/h1-4,7-8H,5-6,9-10H2,(H,16,17). The minimum absolute atomic E-state index is 0.00933. The zero-order valence-electron chi connectivity index (χ0n) is 10.9. The van der Waals surface area contributed by atoms with Crippen LogP contribution in [0.2, 0.25) is 0 Å². The SMILES string of the molecule is O=C(Cc1ccc2c(c1)OCCO2)NCc1cccs1. The zero-order valence-corrected chi connectivity index (χ0v) is 11.7. The van der Waals surface area contributed by atoms with Crippen LogP contribution in [0.5, 0.6) is 11.5 Å². The van der Waals surface area contributed by atoms with E-state index in [1.54, 1.807) is 11.3 Å². The number of carbonyl (C=O) groups is 1. The first-order valence-electron chi connectivity index (χ1n) is 6.49. The molecule has 20 heavy (non-hydrogen) atoms. The predicted octanol–water partition coefficient (Wildman–Crippen LogP) is 2.38. The van der Waals surface area contributed by atoms with Crippen LogP contribution in [-0.4, -0.2) is 19.1 Å². The molecule has 1 aromatic carbocycles. The maximum absolute atomic E-state index is 11.9. The summed E-state index contributed by atoms with van der Waals surface area (Å²) in [5.41, 5.74) is 0.929. The second-order valence-electron chi connectivity index (χ2n) is 4.51. The van der Waals surface area contributed by atoms with E-state index in [-0.39, 0.29) is 5.91 Å². The maximum Gasteiger partial charge on any atom is 0.224 e. The largest absolute Gasteiger partial charge is 0.486 e. The molecule has 5 heteroatoms. The molecule has 1 aliphatic rings. The first-order valence-corrected chi connectivity index (χ1v) is 7.37. The predicted molar refractivity (Wildman–Crippen MR) is 77.3 cm³/mol. The molecule has 2 aromatic rings. The van der Waals surface area contributed by atoms with Crippen molar-refractivity contribution < 1.29 is 14.3 Å². The summed E-state index contributed by atoms with van der Waals surface area (Å²) < 4.78 is 11.0. The summed E-state index contributed by atoms with van der Waals surface area (Å²) in [5, 5.41) is 4.92. The Balaban J connectivity index is 1.58. The lowest BCUT2D eigenvalue weighted by atomic mass is 10.1. The summed E-state index contributed by atoms with van der Waals surface area (Å²) in [6, 6.07) is 9.62. The van der Waals surface area contributed by atoms with Gasteiger partial charge in [0.25, 0.3) is 0 Å². The Hall–Kier alpha value is -2.01. The number of fused-ring (bicyclic) bond motifs is 1. The third-order valence-corrected chi connectivity index (χ3v) is 3.89. The number of thiophene rings is 1. The van der Waals surface area contributed by atoms with E-state index in [4.69, 9.17) is 9.47 Å². The van der Waals surface area contributed by atoms with Crippen molar-refractivity contribution >= 4 is 17.2 Å². The Morgan fingerprint density at radius 1 is 1.20 bits per heavy atom. The lowest BCUT2D eigenvalue weighted by molar-refractivity contribution is -0.120. The fraction of sp³-hybridized carbons (Fsp3) is 0.267. The van der Waals surface area contributed by atoms with E-state index in [2.05, 4.69) is 5.32 Å². The molecule has 0 aliphatic carbocycles. The molecule has 1 N–H and O–H groups in total. The highest BCUT2D eigenvalue weighted by atomic mass is 32.1. The Kier molecular flexibility index (Phi) is 3.87. The summed E-state index contributed by atoms with van der Waals surface area (Å²) >= 11 is 1.64. The second kappa shape index (κ2) is 5.96. The Labute approximate surface area is 121 Å². The van der Waals surface area contributed by atoms with E-state index in [9.17, 15) is 4.79 Å². The third-order valence-electron chi connectivity index (χ3n) is 3.01. The van der Waals surface area contributed by atoms with Crippen LogP contribution in [0.25, 0.3) is 0 Å². The number of amides is 1. The van der Waals surface area contributed by atoms with Crippen LogP contribution in [0.15, 0.2) is 35.7 Å². The van der Waals surface area contributed by atoms with Crippen LogP contribution >= 0.6 is 11.3 Å². The summed E-state index contributed by atoms with van der Waals surface area (Å²) in [4.78, 5) is 13.1. The van der Waals surface area contributed by atoms with Crippen molar-refractivity contribution in [1.29, 1.82) is 0 Å². The molecule has 1 aliphatic heterocycles. The van der Waals surface area contributed by atoms with Gasteiger partial charge in [-0.1, -0.05) is 12.1 Å². The molecule has 0 atom stereocenters. The van der Waals surface area contributed by atoms with E-state index in [0.29, 0.717) is 26.2 Å². The summed E-state index contributed by atoms with van der Waals surface area (Å²) in [6.45, 7) is 1.72. The fourth-order valence-electron chi connectivity index (χ4n) is 2.04. The van der Waals surface area contributed by atoms with Crippen LogP contribution in [0, 0.1) is 0 Å². The summed E-state index contributed by atoms with van der Waals surface area (Å²) in [6.07, 6.45) is 0.349. The number of rotatable bonds is 4. The first kappa shape index (κ1) is 13.0. The van der Waals surface area contributed by atoms with Crippen molar-refractivity contribution in [1.82, 2.24) is 5.32 Å². The number of ether oxygens (including phenoxy) is 2. The average molecular weight is 289 g/mol. The second-order valence-corrected chi connectivity index (χ2v) is 5.54. The molecule has 0 fully saturated rings. The van der Waals surface area contributed by atoms with Crippen molar-refractivity contribution in [3.63, 3.8) is 0 Å². The number of nitrogens with one attached hydrogen (secondary N) is 1. The van der Waals surface area contributed by atoms with E-state index in [1.165, 1.54) is 0 Å². The number of hydrogen-bond acceptors (Lipinski definition) is 4. The fourth-order valence-corrected chi connectivity index (χ4v) is 2.69. The van der Waals surface area contributed by atoms with E-state index in [1.807, 2.05) is 35.7 Å². The van der Waals surface area contributed by atoms with Crippen molar-refractivity contribution in [2.24, 2.45) is 0 Å². The normalized spacial score (nSPS) is 13.0. The van der Waals surface area contributed by atoms with Crippen LogP contribution in [0.4, 0.5) is 0 Å². The smallest absolute Gasteiger partial charge is 0.224 e. The number of carbonyl (C=O) groups excluding carboxylic acids is 1. The summed E-state index contributed by atoms with van der Waals surface area (Å²) in [5.74, 6) is 1.48. The quantitative estimate of drug-likeness (QED) is 0.940. The average Bonchev–Trinajstić information content (AvgIpc) is 2.98. The zero-order chi connectivity index (χ0) is 13.8. The van der Waals surface area contributed by atoms with Gasteiger partial charge in [0.2, 0.25) is 5.91 Å². The summed E-state index contributed by atoms with van der Waals surface area (Å²) in [7, 11) is 0. The highest BCUT2D eigenvalue weighted by Crippen LogP contribution is 2.30. The molecule has 104 valence electrons. The molecule has 0 spiro atoms.